The van der Waals surface area contributed by atoms with Gasteiger partial charge in [-0.2, -0.15) is 0 Å². The Hall–Kier alpha value is -1.14. The highest BCUT2D eigenvalue weighted by atomic mass is 16.5. The van der Waals surface area contributed by atoms with Gasteiger partial charge in [0.15, 0.2) is 0 Å². The van der Waals surface area contributed by atoms with Crippen LogP contribution < -0.4 is 5.73 Å². The summed E-state index contributed by atoms with van der Waals surface area (Å²) in [7, 11) is 0. The summed E-state index contributed by atoms with van der Waals surface area (Å²) < 4.78 is 5.73. The lowest BCUT2D eigenvalue weighted by Gasteiger charge is -2.25. The summed E-state index contributed by atoms with van der Waals surface area (Å²) in [6, 6.07) is 0. The van der Waals surface area contributed by atoms with Crippen LogP contribution in [0.3, 0.4) is 0 Å². The molecule has 2 saturated heterocycles. The highest BCUT2D eigenvalue weighted by Crippen LogP contribution is 2.28. The van der Waals surface area contributed by atoms with E-state index in [1.807, 2.05) is 9.80 Å². The molecule has 2 atom stereocenters. The molecule has 3 rings (SSSR count). The molecule has 24 heavy (non-hydrogen) atoms. The van der Waals surface area contributed by atoms with Crippen molar-refractivity contribution in [2.75, 3.05) is 32.7 Å². The summed E-state index contributed by atoms with van der Waals surface area (Å²) in [6.45, 7) is 3.26. The Balaban J connectivity index is 1.47. The van der Waals surface area contributed by atoms with Crippen molar-refractivity contribution in [3.8, 4) is 0 Å². The fourth-order valence-corrected chi connectivity index (χ4v) is 4.24. The van der Waals surface area contributed by atoms with Crippen LogP contribution in [0, 0.1) is 5.92 Å². The molecule has 0 aromatic heterocycles. The molecule has 2 amide bonds. The molecule has 0 aromatic rings. The van der Waals surface area contributed by atoms with Gasteiger partial charge in [0.25, 0.3) is 5.91 Å². The molecule has 6 heteroatoms. The van der Waals surface area contributed by atoms with Crippen LogP contribution in [0.4, 0.5) is 0 Å². The zero-order chi connectivity index (χ0) is 16.9. The summed E-state index contributed by atoms with van der Waals surface area (Å²) >= 11 is 0. The third-order valence-electron chi connectivity index (χ3n) is 5.74. The van der Waals surface area contributed by atoms with Gasteiger partial charge in [0, 0.05) is 39.1 Å². The van der Waals surface area contributed by atoms with Crippen LogP contribution in [-0.4, -0.2) is 66.5 Å². The molecule has 2 heterocycles. The van der Waals surface area contributed by atoms with E-state index in [4.69, 9.17) is 10.5 Å². The van der Waals surface area contributed by atoms with Gasteiger partial charge in [-0.05, 0) is 38.0 Å². The molecule has 136 valence electrons. The standard InChI is InChI=1S/C18H31N3O3/c19-13-15-6-7-16(24-15)18(23)21-9-3-8-20(10-11-21)17(22)12-14-4-1-2-5-14/h14-16H,1-13,19H2/t15-,16+/m1/s1. The van der Waals surface area contributed by atoms with Crippen molar-refractivity contribution in [3.63, 3.8) is 0 Å². The van der Waals surface area contributed by atoms with Crippen LogP contribution in [-0.2, 0) is 14.3 Å². The van der Waals surface area contributed by atoms with Crippen LogP contribution in [0.5, 0.6) is 0 Å². The Morgan fingerprint density at radius 3 is 2.33 bits per heavy atom. The van der Waals surface area contributed by atoms with E-state index in [-0.39, 0.29) is 24.0 Å². The Morgan fingerprint density at radius 1 is 0.917 bits per heavy atom. The summed E-state index contributed by atoms with van der Waals surface area (Å²) in [5.41, 5.74) is 5.62. The molecule has 3 fully saturated rings. The maximum absolute atomic E-state index is 12.6. The van der Waals surface area contributed by atoms with Crippen LogP contribution >= 0.6 is 0 Å². The van der Waals surface area contributed by atoms with Crippen LogP contribution in [0.25, 0.3) is 0 Å². The number of amides is 2. The molecule has 0 unspecified atom stereocenters. The fraction of sp³-hybridized carbons (Fsp3) is 0.889. The largest absolute Gasteiger partial charge is 0.364 e. The summed E-state index contributed by atoms with van der Waals surface area (Å²) in [4.78, 5) is 29.0. The van der Waals surface area contributed by atoms with E-state index < -0.39 is 0 Å². The Morgan fingerprint density at radius 2 is 1.62 bits per heavy atom. The zero-order valence-corrected chi connectivity index (χ0v) is 14.6. The first-order valence-electron chi connectivity index (χ1n) is 9.59. The van der Waals surface area contributed by atoms with E-state index in [0.717, 1.165) is 32.4 Å². The van der Waals surface area contributed by atoms with Crippen molar-refractivity contribution < 1.29 is 14.3 Å². The first kappa shape index (κ1) is 17.7. The molecule has 0 bridgehead atoms. The molecule has 3 aliphatic rings. The monoisotopic (exact) mass is 337 g/mol. The van der Waals surface area contributed by atoms with E-state index in [1.54, 1.807) is 0 Å². The summed E-state index contributed by atoms with van der Waals surface area (Å²) in [5, 5.41) is 0. The SMILES string of the molecule is NC[C@H]1CC[C@@H](C(=O)N2CCCN(C(=O)CC3CCCC3)CC2)O1. The smallest absolute Gasteiger partial charge is 0.251 e. The van der Waals surface area contributed by atoms with Crippen molar-refractivity contribution in [3.05, 3.63) is 0 Å². The van der Waals surface area contributed by atoms with E-state index in [1.165, 1.54) is 25.7 Å². The molecule has 0 aromatic carbocycles. The lowest BCUT2D eigenvalue weighted by atomic mass is 10.0. The molecule has 1 aliphatic carbocycles. The second kappa shape index (κ2) is 8.30. The minimum atomic E-state index is -0.334. The van der Waals surface area contributed by atoms with Gasteiger partial charge in [0.1, 0.15) is 6.10 Å². The molecular weight excluding hydrogens is 306 g/mol. The van der Waals surface area contributed by atoms with Crippen molar-refractivity contribution >= 4 is 11.8 Å². The number of rotatable bonds is 4. The normalized spacial score (nSPS) is 29.0. The Kier molecular flexibility index (Phi) is 6.11. The number of nitrogens with two attached hydrogens (primary N) is 1. The second-order valence-corrected chi connectivity index (χ2v) is 7.47. The lowest BCUT2D eigenvalue weighted by Crippen LogP contribution is -2.42. The van der Waals surface area contributed by atoms with Crippen LogP contribution in [0.15, 0.2) is 0 Å². The fourth-order valence-electron chi connectivity index (χ4n) is 4.24. The predicted octanol–water partition coefficient (Wildman–Crippen LogP) is 1.13. The number of nitrogens with zero attached hydrogens (tertiary/aromatic N) is 2. The maximum Gasteiger partial charge on any atom is 0.251 e. The summed E-state index contributed by atoms with van der Waals surface area (Å²) in [5.74, 6) is 0.936. The topological polar surface area (TPSA) is 75.9 Å². The van der Waals surface area contributed by atoms with Gasteiger partial charge in [0.05, 0.1) is 6.10 Å². The first-order chi connectivity index (χ1) is 11.7. The third kappa shape index (κ3) is 4.28. The number of ether oxygens (including phenoxy) is 1. The van der Waals surface area contributed by atoms with E-state index in [0.29, 0.717) is 32.0 Å². The summed E-state index contributed by atoms with van der Waals surface area (Å²) in [6.07, 6.45) is 7.81. The molecule has 0 spiro atoms. The van der Waals surface area contributed by atoms with Gasteiger partial charge in [-0.25, -0.2) is 0 Å². The minimum Gasteiger partial charge on any atom is -0.364 e. The average molecular weight is 337 g/mol. The molecule has 0 radical (unpaired) electrons. The molecular formula is C18H31N3O3. The van der Waals surface area contributed by atoms with E-state index in [2.05, 4.69) is 0 Å². The highest BCUT2D eigenvalue weighted by molar-refractivity contribution is 5.81. The van der Waals surface area contributed by atoms with Crippen molar-refractivity contribution in [1.82, 2.24) is 9.80 Å². The number of hydrogen-bond donors (Lipinski definition) is 1. The van der Waals surface area contributed by atoms with Gasteiger partial charge in [0.2, 0.25) is 5.91 Å². The second-order valence-electron chi connectivity index (χ2n) is 7.47. The quantitative estimate of drug-likeness (QED) is 0.834. The predicted molar refractivity (Wildman–Crippen MR) is 91.3 cm³/mol. The van der Waals surface area contributed by atoms with Crippen molar-refractivity contribution in [1.29, 1.82) is 0 Å². The molecule has 6 nitrogen and oxygen atoms in total. The number of hydrogen-bond acceptors (Lipinski definition) is 4. The molecule has 2 aliphatic heterocycles. The molecule has 2 N–H and O–H groups in total. The first-order valence-corrected chi connectivity index (χ1v) is 9.59. The zero-order valence-electron chi connectivity index (χ0n) is 14.6. The van der Waals surface area contributed by atoms with Gasteiger partial charge >= 0.3 is 0 Å². The van der Waals surface area contributed by atoms with Gasteiger partial charge in [-0.1, -0.05) is 12.8 Å². The van der Waals surface area contributed by atoms with Gasteiger partial charge in [-0.15, -0.1) is 0 Å². The van der Waals surface area contributed by atoms with Gasteiger partial charge < -0.3 is 20.3 Å². The maximum atomic E-state index is 12.6. The number of carbonyl (C=O) groups is 2. The minimum absolute atomic E-state index is 0.0235. The van der Waals surface area contributed by atoms with E-state index >= 15 is 0 Å². The van der Waals surface area contributed by atoms with E-state index in [9.17, 15) is 9.59 Å². The Bertz CT molecular complexity index is 451. The molecule has 1 saturated carbocycles. The lowest BCUT2D eigenvalue weighted by molar-refractivity contribution is -0.143. The van der Waals surface area contributed by atoms with Crippen molar-refractivity contribution in [2.45, 2.75) is 63.6 Å². The van der Waals surface area contributed by atoms with Crippen molar-refractivity contribution in [2.24, 2.45) is 11.7 Å². The van der Waals surface area contributed by atoms with Gasteiger partial charge in [-0.3, -0.25) is 9.59 Å². The number of carbonyl (C=O) groups excluding carboxylic acids is 2. The third-order valence-corrected chi connectivity index (χ3v) is 5.74. The average Bonchev–Trinajstić information content (AvgIpc) is 3.21. The Labute approximate surface area is 144 Å². The van der Waals surface area contributed by atoms with Crippen LogP contribution in [0.1, 0.15) is 51.4 Å². The highest BCUT2D eigenvalue weighted by Gasteiger charge is 2.34. The van der Waals surface area contributed by atoms with Crippen LogP contribution in [0.2, 0.25) is 0 Å².